The van der Waals surface area contributed by atoms with Crippen molar-refractivity contribution in [2.75, 3.05) is 11.9 Å². The second-order valence-electron chi connectivity index (χ2n) is 7.44. The summed E-state index contributed by atoms with van der Waals surface area (Å²) >= 11 is 0. The summed E-state index contributed by atoms with van der Waals surface area (Å²) in [5.74, 6) is 0. The molecule has 0 bridgehead atoms. The molecule has 6 rings (SSSR count). The van der Waals surface area contributed by atoms with E-state index in [0.717, 1.165) is 0 Å². The van der Waals surface area contributed by atoms with E-state index < -0.39 is 0 Å². The third kappa shape index (κ3) is 1.84. The largest absolute Gasteiger partial charge is 0.384 e. The van der Waals surface area contributed by atoms with E-state index >= 15 is 0 Å². The van der Waals surface area contributed by atoms with Gasteiger partial charge >= 0.3 is 0 Å². The molecule has 0 aromatic heterocycles. The molecule has 5 aromatic rings. The fourth-order valence-electron chi connectivity index (χ4n) is 4.79. The van der Waals surface area contributed by atoms with Crippen molar-refractivity contribution in [3.05, 3.63) is 95.0 Å². The molecule has 5 heteroatoms. The lowest BCUT2D eigenvalue weighted by Gasteiger charge is -2.11. The zero-order valence-corrected chi connectivity index (χ0v) is 15.2. The first kappa shape index (κ1) is 16.1. The first-order valence-electron chi connectivity index (χ1n) is 9.43. The standard InChI is InChI=1S/C24H13NO4/c26-21-11-5-1-2-6-12(11)22(27)17-16(21)15-9-10-25-20(15)19-18(17)23(28)13-7-3-4-8-14(13)24(19)29/h1-8,25H,9-10H2. The Morgan fingerprint density at radius 3 is 1.48 bits per heavy atom. The third-order valence-electron chi connectivity index (χ3n) is 6.02. The number of anilines is 1. The molecule has 0 atom stereocenters. The van der Waals surface area contributed by atoms with Crippen LogP contribution in [0.3, 0.4) is 0 Å². The van der Waals surface area contributed by atoms with Crippen molar-refractivity contribution < 1.29 is 0 Å². The fraction of sp³-hybridized carbons (Fsp3) is 0.0833. The van der Waals surface area contributed by atoms with Crippen LogP contribution in [0.1, 0.15) is 5.56 Å². The Balaban J connectivity index is 2.11. The highest BCUT2D eigenvalue weighted by Gasteiger charge is 2.27. The quantitative estimate of drug-likeness (QED) is 0.330. The number of nitrogens with one attached hydrogen (secondary N) is 1. The molecule has 0 saturated carbocycles. The number of fused-ring (bicyclic) bond motifs is 8. The molecule has 0 unspecified atom stereocenters. The van der Waals surface area contributed by atoms with Gasteiger partial charge in [-0.2, -0.15) is 0 Å². The van der Waals surface area contributed by atoms with Crippen molar-refractivity contribution in [2.24, 2.45) is 0 Å². The molecule has 5 nitrogen and oxygen atoms in total. The number of rotatable bonds is 0. The van der Waals surface area contributed by atoms with Crippen LogP contribution in [0.5, 0.6) is 0 Å². The Bertz CT molecular complexity index is 1630. The highest BCUT2D eigenvalue weighted by Crippen LogP contribution is 2.35. The molecule has 0 fully saturated rings. The fourth-order valence-corrected chi connectivity index (χ4v) is 4.79. The van der Waals surface area contributed by atoms with Crippen LogP contribution in [-0.2, 0) is 6.42 Å². The smallest absolute Gasteiger partial charge is 0.196 e. The lowest BCUT2D eigenvalue weighted by Crippen LogP contribution is -2.20. The molecule has 1 aliphatic rings. The third-order valence-corrected chi connectivity index (χ3v) is 6.02. The maximum Gasteiger partial charge on any atom is 0.196 e. The zero-order chi connectivity index (χ0) is 19.9. The van der Waals surface area contributed by atoms with Gasteiger partial charge in [0.05, 0.1) is 11.1 Å². The summed E-state index contributed by atoms with van der Waals surface area (Å²) in [5.41, 5.74) is -0.135. The number of hydrogen-bond acceptors (Lipinski definition) is 5. The lowest BCUT2D eigenvalue weighted by molar-refractivity contribution is 1.11. The topological polar surface area (TPSA) is 80.3 Å². The summed E-state index contributed by atoms with van der Waals surface area (Å²) in [6.07, 6.45) is 0.523. The maximum atomic E-state index is 13.5. The van der Waals surface area contributed by atoms with Crippen molar-refractivity contribution in [1.29, 1.82) is 0 Å². The minimum absolute atomic E-state index is 0.0599. The summed E-state index contributed by atoms with van der Waals surface area (Å²) in [6, 6.07) is 13.3. The lowest BCUT2D eigenvalue weighted by atomic mass is 9.90. The second-order valence-corrected chi connectivity index (χ2v) is 7.44. The number of benzene rings is 5. The van der Waals surface area contributed by atoms with Gasteiger partial charge in [-0.3, -0.25) is 19.2 Å². The Morgan fingerprint density at radius 2 is 0.966 bits per heavy atom. The number of hydrogen-bond donors (Lipinski definition) is 1. The maximum absolute atomic E-state index is 13.5. The van der Waals surface area contributed by atoms with E-state index in [0.29, 0.717) is 35.0 Å². The predicted molar refractivity (Wildman–Crippen MR) is 116 cm³/mol. The van der Waals surface area contributed by atoms with Crippen molar-refractivity contribution in [3.63, 3.8) is 0 Å². The molecule has 1 heterocycles. The Labute approximate surface area is 162 Å². The van der Waals surface area contributed by atoms with Crippen LogP contribution in [0, 0.1) is 0 Å². The molecule has 0 radical (unpaired) electrons. The van der Waals surface area contributed by atoms with Crippen LogP contribution in [0.2, 0.25) is 0 Å². The average Bonchev–Trinajstić information content (AvgIpc) is 3.24. The first-order valence-corrected chi connectivity index (χ1v) is 9.43. The van der Waals surface area contributed by atoms with Gasteiger partial charge in [0.1, 0.15) is 0 Å². The molecule has 1 aliphatic heterocycles. The van der Waals surface area contributed by atoms with Crippen LogP contribution in [0.25, 0.3) is 43.1 Å². The summed E-state index contributed by atoms with van der Waals surface area (Å²) in [5, 5.41) is 5.03. The minimum Gasteiger partial charge on any atom is -0.384 e. The van der Waals surface area contributed by atoms with Crippen LogP contribution < -0.4 is 27.0 Å². The van der Waals surface area contributed by atoms with Gasteiger partial charge in [-0.05, 0) is 12.0 Å². The molecular weight excluding hydrogens is 366 g/mol. The van der Waals surface area contributed by atoms with E-state index in [2.05, 4.69) is 5.32 Å². The Hall–Kier alpha value is -3.86. The van der Waals surface area contributed by atoms with Gasteiger partial charge in [-0.1, -0.05) is 48.5 Å². The van der Waals surface area contributed by atoms with Crippen molar-refractivity contribution in [3.8, 4) is 0 Å². The van der Waals surface area contributed by atoms with E-state index in [4.69, 9.17) is 0 Å². The zero-order valence-electron chi connectivity index (χ0n) is 15.2. The van der Waals surface area contributed by atoms with E-state index in [9.17, 15) is 19.2 Å². The molecule has 0 amide bonds. The highest BCUT2D eigenvalue weighted by atomic mass is 16.1. The van der Waals surface area contributed by atoms with Gasteiger partial charge in [0.2, 0.25) is 0 Å². The van der Waals surface area contributed by atoms with Gasteiger partial charge in [-0.25, -0.2) is 0 Å². The average molecular weight is 379 g/mol. The van der Waals surface area contributed by atoms with Crippen molar-refractivity contribution in [2.45, 2.75) is 6.42 Å². The van der Waals surface area contributed by atoms with Gasteiger partial charge in [0.15, 0.2) is 21.7 Å². The molecule has 138 valence electrons. The van der Waals surface area contributed by atoms with Crippen LogP contribution in [0.15, 0.2) is 67.7 Å². The van der Waals surface area contributed by atoms with Crippen LogP contribution >= 0.6 is 0 Å². The Kier molecular flexibility index (Phi) is 2.98. The van der Waals surface area contributed by atoms with Crippen LogP contribution in [-0.4, -0.2) is 6.54 Å². The van der Waals surface area contributed by atoms with Gasteiger partial charge < -0.3 is 5.32 Å². The molecule has 0 spiro atoms. The molecule has 29 heavy (non-hydrogen) atoms. The van der Waals surface area contributed by atoms with Gasteiger partial charge in [-0.15, -0.1) is 0 Å². The second kappa shape index (κ2) is 5.35. The molecular formula is C24H13NO4. The molecule has 1 N–H and O–H groups in total. The molecule has 5 aromatic carbocycles. The summed E-state index contributed by atoms with van der Waals surface area (Å²) in [7, 11) is 0. The van der Waals surface area contributed by atoms with E-state index in [1.54, 1.807) is 48.5 Å². The SMILES string of the molecule is O=c1c2ccccc2c(=O)c2c1c1c(c3c(=O)c4ccccc4c(=O)c32)NCC1. The highest BCUT2D eigenvalue weighted by molar-refractivity contribution is 6.20. The first-order chi connectivity index (χ1) is 14.1. The summed E-state index contributed by atoms with van der Waals surface area (Å²) < 4.78 is 0. The van der Waals surface area contributed by atoms with Crippen molar-refractivity contribution >= 4 is 48.8 Å². The van der Waals surface area contributed by atoms with E-state index in [-0.39, 0.29) is 54.0 Å². The van der Waals surface area contributed by atoms with Crippen LogP contribution in [0.4, 0.5) is 5.69 Å². The van der Waals surface area contributed by atoms with Crippen molar-refractivity contribution in [1.82, 2.24) is 0 Å². The molecule has 0 aliphatic carbocycles. The van der Waals surface area contributed by atoms with E-state index in [1.165, 1.54) is 0 Å². The van der Waals surface area contributed by atoms with Gasteiger partial charge in [0, 0.05) is 44.2 Å². The normalized spacial score (nSPS) is 13.4. The molecule has 0 saturated heterocycles. The van der Waals surface area contributed by atoms with Gasteiger partial charge in [0.25, 0.3) is 0 Å². The minimum atomic E-state index is -0.386. The summed E-state index contributed by atoms with van der Waals surface area (Å²) in [4.78, 5) is 53.6. The Morgan fingerprint density at radius 1 is 0.552 bits per heavy atom. The predicted octanol–water partition coefficient (Wildman–Crippen LogP) is 2.58. The summed E-state index contributed by atoms with van der Waals surface area (Å²) in [6.45, 7) is 0.546. The van der Waals surface area contributed by atoms with E-state index in [1.807, 2.05) is 0 Å². The monoisotopic (exact) mass is 379 g/mol.